The van der Waals surface area contributed by atoms with E-state index in [9.17, 15) is 22.4 Å². The predicted octanol–water partition coefficient (Wildman–Crippen LogP) is 4.53. The lowest BCUT2D eigenvalue weighted by atomic mass is 9.94. The van der Waals surface area contributed by atoms with E-state index in [0.29, 0.717) is 27.8 Å². The highest BCUT2D eigenvalue weighted by atomic mass is 32.2. The Bertz CT molecular complexity index is 1270. The first-order chi connectivity index (χ1) is 15.0. The van der Waals surface area contributed by atoms with Crippen molar-refractivity contribution in [2.24, 2.45) is 5.41 Å². The van der Waals surface area contributed by atoms with Crippen LogP contribution in [0, 0.1) is 5.41 Å². The summed E-state index contributed by atoms with van der Waals surface area (Å²) in [6, 6.07) is 15.9. The fourth-order valence-electron chi connectivity index (χ4n) is 3.01. The summed E-state index contributed by atoms with van der Waals surface area (Å²) in [6.45, 7) is 3.57. The van der Waals surface area contributed by atoms with Crippen LogP contribution in [0.4, 0.5) is 21.5 Å². The molecule has 3 N–H and O–H groups in total. The number of hydrogen-bond donors (Lipinski definition) is 3. The third kappa shape index (κ3) is 5.05. The maximum absolute atomic E-state index is 13.1. The average Bonchev–Trinajstić information content (AvgIpc) is 2.74. The number of amides is 2. The van der Waals surface area contributed by atoms with Crippen molar-refractivity contribution in [2.75, 3.05) is 22.0 Å². The Balaban J connectivity index is 1.86. The molecular formula is C23H24FN3O4S. The zero-order chi connectivity index (χ0) is 23.5. The molecule has 0 bridgehead atoms. The molecule has 0 heterocycles. The summed E-state index contributed by atoms with van der Waals surface area (Å²) in [5, 5.41) is 6.37. The van der Waals surface area contributed by atoms with E-state index >= 15 is 0 Å². The van der Waals surface area contributed by atoms with Gasteiger partial charge in [-0.25, -0.2) is 12.8 Å². The van der Waals surface area contributed by atoms with Gasteiger partial charge in [0.15, 0.2) is 0 Å². The molecule has 3 rings (SSSR count). The molecule has 0 radical (unpaired) electrons. The standard InChI is InChI=1S/C23H24FN3O4S/c1-15(28)25-20-8-4-7-19-18(20)6-5-9-21(19)32(30,31)27-17-12-10-16(11-13-17)26-22(29)23(2,3)14-24/h4-13,27H,14H2,1-3H3,(H,25,28)(H,26,29). The maximum atomic E-state index is 13.1. The van der Waals surface area contributed by atoms with Crippen LogP contribution in [0.15, 0.2) is 65.6 Å². The second kappa shape index (κ2) is 8.96. The summed E-state index contributed by atoms with van der Waals surface area (Å²) in [4.78, 5) is 23.6. The molecule has 0 spiro atoms. The highest BCUT2D eigenvalue weighted by Gasteiger charge is 2.27. The monoisotopic (exact) mass is 457 g/mol. The number of rotatable bonds is 7. The molecule has 0 atom stereocenters. The summed E-state index contributed by atoms with van der Waals surface area (Å²) in [5.74, 6) is -0.731. The molecule has 0 saturated carbocycles. The summed E-state index contributed by atoms with van der Waals surface area (Å²) in [5.41, 5.74) is 0.0702. The highest BCUT2D eigenvalue weighted by molar-refractivity contribution is 7.93. The number of halogens is 1. The number of sulfonamides is 1. The fourth-order valence-corrected chi connectivity index (χ4v) is 4.29. The Morgan fingerprint density at radius 2 is 1.47 bits per heavy atom. The lowest BCUT2D eigenvalue weighted by molar-refractivity contribution is -0.124. The summed E-state index contributed by atoms with van der Waals surface area (Å²) in [7, 11) is -3.95. The van der Waals surface area contributed by atoms with Crippen molar-refractivity contribution in [1.82, 2.24) is 0 Å². The predicted molar refractivity (Wildman–Crippen MR) is 124 cm³/mol. The highest BCUT2D eigenvalue weighted by Crippen LogP contribution is 2.30. The molecule has 0 fully saturated rings. The van der Waals surface area contributed by atoms with E-state index in [0.717, 1.165) is 0 Å². The van der Waals surface area contributed by atoms with Gasteiger partial charge in [0.2, 0.25) is 11.8 Å². The maximum Gasteiger partial charge on any atom is 0.262 e. The van der Waals surface area contributed by atoms with E-state index < -0.39 is 28.0 Å². The van der Waals surface area contributed by atoms with Crippen molar-refractivity contribution in [3.05, 3.63) is 60.7 Å². The van der Waals surface area contributed by atoms with Crippen LogP contribution in [0.25, 0.3) is 10.8 Å². The van der Waals surface area contributed by atoms with E-state index in [4.69, 9.17) is 0 Å². The van der Waals surface area contributed by atoms with Gasteiger partial charge in [-0.1, -0.05) is 24.3 Å². The van der Waals surface area contributed by atoms with E-state index in [-0.39, 0.29) is 10.8 Å². The third-order valence-electron chi connectivity index (χ3n) is 4.83. The van der Waals surface area contributed by atoms with Gasteiger partial charge in [0.05, 0.1) is 10.3 Å². The van der Waals surface area contributed by atoms with Crippen molar-refractivity contribution in [3.8, 4) is 0 Å². The van der Waals surface area contributed by atoms with Gasteiger partial charge < -0.3 is 10.6 Å². The molecule has 3 aromatic rings. The van der Waals surface area contributed by atoms with Gasteiger partial charge >= 0.3 is 0 Å². The Morgan fingerprint density at radius 3 is 2.09 bits per heavy atom. The van der Waals surface area contributed by atoms with E-state index in [2.05, 4.69) is 15.4 Å². The van der Waals surface area contributed by atoms with Crippen molar-refractivity contribution in [1.29, 1.82) is 0 Å². The van der Waals surface area contributed by atoms with Gasteiger partial charge in [-0.3, -0.25) is 14.3 Å². The summed E-state index contributed by atoms with van der Waals surface area (Å²) in [6.07, 6.45) is 0. The number of anilines is 3. The Labute approximate surface area is 186 Å². The van der Waals surface area contributed by atoms with Crippen LogP contribution in [0.2, 0.25) is 0 Å². The zero-order valence-electron chi connectivity index (χ0n) is 17.9. The minimum Gasteiger partial charge on any atom is -0.326 e. The molecule has 168 valence electrons. The lowest BCUT2D eigenvalue weighted by Crippen LogP contribution is -2.32. The third-order valence-corrected chi connectivity index (χ3v) is 6.27. The smallest absolute Gasteiger partial charge is 0.262 e. The topological polar surface area (TPSA) is 104 Å². The molecule has 0 aromatic heterocycles. The van der Waals surface area contributed by atoms with Crippen molar-refractivity contribution < 1.29 is 22.4 Å². The molecule has 0 aliphatic rings. The minimum absolute atomic E-state index is 0.0595. The van der Waals surface area contributed by atoms with Gasteiger partial charge in [0.1, 0.15) is 6.67 Å². The first kappa shape index (κ1) is 23.2. The van der Waals surface area contributed by atoms with Crippen LogP contribution in [-0.4, -0.2) is 26.9 Å². The molecule has 0 saturated heterocycles. The van der Waals surface area contributed by atoms with Crippen molar-refractivity contribution in [3.63, 3.8) is 0 Å². The van der Waals surface area contributed by atoms with Gasteiger partial charge in [-0.2, -0.15) is 0 Å². The molecule has 0 unspecified atom stereocenters. The van der Waals surface area contributed by atoms with E-state index in [1.54, 1.807) is 30.3 Å². The van der Waals surface area contributed by atoms with E-state index in [1.165, 1.54) is 51.1 Å². The second-order valence-corrected chi connectivity index (χ2v) is 9.64. The molecule has 2 amide bonds. The van der Waals surface area contributed by atoms with Crippen LogP contribution in [0.3, 0.4) is 0 Å². The van der Waals surface area contributed by atoms with Crippen LogP contribution >= 0.6 is 0 Å². The second-order valence-electron chi connectivity index (χ2n) is 7.99. The Morgan fingerprint density at radius 1 is 0.875 bits per heavy atom. The first-order valence-electron chi connectivity index (χ1n) is 9.83. The van der Waals surface area contributed by atoms with Crippen LogP contribution in [0.1, 0.15) is 20.8 Å². The molecular weight excluding hydrogens is 433 g/mol. The fraction of sp³-hybridized carbons (Fsp3) is 0.217. The normalized spacial score (nSPS) is 11.8. The average molecular weight is 458 g/mol. The molecule has 0 aliphatic heterocycles. The molecule has 7 nitrogen and oxygen atoms in total. The minimum atomic E-state index is -3.95. The van der Waals surface area contributed by atoms with Gasteiger partial charge in [0.25, 0.3) is 10.0 Å². The van der Waals surface area contributed by atoms with Crippen LogP contribution in [-0.2, 0) is 19.6 Å². The number of carbonyl (C=O) groups excluding carboxylic acids is 2. The number of hydrogen-bond acceptors (Lipinski definition) is 4. The first-order valence-corrected chi connectivity index (χ1v) is 11.3. The quantitative estimate of drug-likeness (QED) is 0.485. The number of benzene rings is 3. The zero-order valence-corrected chi connectivity index (χ0v) is 18.7. The van der Waals surface area contributed by atoms with Crippen LogP contribution in [0.5, 0.6) is 0 Å². The SMILES string of the molecule is CC(=O)Nc1cccc2c(S(=O)(=O)Nc3ccc(NC(=O)C(C)(C)CF)cc3)cccc12. The van der Waals surface area contributed by atoms with Crippen molar-refractivity contribution in [2.45, 2.75) is 25.7 Å². The van der Waals surface area contributed by atoms with E-state index in [1.807, 2.05) is 0 Å². The Hall–Kier alpha value is -3.46. The number of fused-ring (bicyclic) bond motifs is 1. The molecule has 32 heavy (non-hydrogen) atoms. The molecule has 9 heteroatoms. The Kier molecular flexibility index (Phi) is 6.50. The number of nitrogens with one attached hydrogen (secondary N) is 3. The number of alkyl halides is 1. The van der Waals surface area contributed by atoms with Crippen molar-refractivity contribution >= 4 is 49.7 Å². The molecule has 3 aromatic carbocycles. The summed E-state index contributed by atoms with van der Waals surface area (Å²) < 4.78 is 41.6. The van der Waals surface area contributed by atoms with Gasteiger partial charge in [-0.05, 0) is 50.2 Å². The van der Waals surface area contributed by atoms with Gasteiger partial charge in [0, 0.05) is 34.8 Å². The summed E-state index contributed by atoms with van der Waals surface area (Å²) >= 11 is 0. The molecule has 0 aliphatic carbocycles. The largest absolute Gasteiger partial charge is 0.326 e. The number of carbonyl (C=O) groups is 2. The lowest BCUT2D eigenvalue weighted by Gasteiger charge is -2.19. The van der Waals surface area contributed by atoms with Gasteiger partial charge in [-0.15, -0.1) is 0 Å². The van der Waals surface area contributed by atoms with Crippen LogP contribution < -0.4 is 15.4 Å².